The summed E-state index contributed by atoms with van der Waals surface area (Å²) in [6.07, 6.45) is 38.5. The highest BCUT2D eigenvalue weighted by molar-refractivity contribution is 4.86. The molecule has 1 N–H and O–H groups in total. The zero-order valence-corrected chi connectivity index (χ0v) is 22.2. The average Bonchev–Trinajstić information content (AvgIpc) is 2.80. The standard InChI is InChI=1S/C31H58O/c1-4-7-10-13-16-19-21-24-27-30(28-25-22-20-17-14-11-8-5-2)31(32)29-26-23-18-15-12-9-6-3/h16-20,23,30-32H,4-15,21-22,24-29H2,1-3H3. The fraction of sp³-hybridized carbons (Fsp3) is 0.806. The third kappa shape index (κ3) is 22.4. The summed E-state index contributed by atoms with van der Waals surface area (Å²) in [5.41, 5.74) is 0. The second-order valence-electron chi connectivity index (χ2n) is 9.67. The van der Waals surface area contributed by atoms with E-state index < -0.39 is 0 Å². The molecule has 0 aliphatic carbocycles. The predicted octanol–water partition coefficient (Wildman–Crippen LogP) is 10.5. The molecule has 0 bridgehead atoms. The third-order valence-corrected chi connectivity index (χ3v) is 6.49. The van der Waals surface area contributed by atoms with Gasteiger partial charge in [-0.3, -0.25) is 0 Å². The van der Waals surface area contributed by atoms with E-state index in [-0.39, 0.29) is 6.10 Å². The maximum absolute atomic E-state index is 10.9. The van der Waals surface area contributed by atoms with Crippen LogP contribution in [-0.4, -0.2) is 11.2 Å². The van der Waals surface area contributed by atoms with Gasteiger partial charge in [-0.15, -0.1) is 0 Å². The van der Waals surface area contributed by atoms with E-state index in [1.165, 1.54) is 116 Å². The quantitative estimate of drug-likeness (QED) is 0.115. The minimum atomic E-state index is -0.141. The van der Waals surface area contributed by atoms with Gasteiger partial charge < -0.3 is 5.11 Å². The highest BCUT2D eigenvalue weighted by Crippen LogP contribution is 2.23. The lowest BCUT2D eigenvalue weighted by atomic mass is 9.88. The number of aliphatic hydroxyl groups excluding tert-OH is 1. The van der Waals surface area contributed by atoms with E-state index in [2.05, 4.69) is 57.2 Å². The first-order chi connectivity index (χ1) is 15.8. The molecule has 0 aliphatic heterocycles. The highest BCUT2D eigenvalue weighted by Gasteiger charge is 2.17. The number of hydrogen-bond acceptors (Lipinski definition) is 1. The molecule has 1 heteroatoms. The molecule has 1 unspecified atom stereocenters. The predicted molar refractivity (Wildman–Crippen MR) is 146 cm³/mol. The minimum absolute atomic E-state index is 0.141. The first-order valence-corrected chi connectivity index (χ1v) is 14.4. The van der Waals surface area contributed by atoms with E-state index in [0.717, 1.165) is 12.8 Å². The molecule has 0 radical (unpaired) electrons. The van der Waals surface area contributed by atoms with Gasteiger partial charge in [-0.2, -0.15) is 0 Å². The first kappa shape index (κ1) is 31.2. The van der Waals surface area contributed by atoms with Crippen LogP contribution in [0.4, 0.5) is 0 Å². The lowest BCUT2D eigenvalue weighted by molar-refractivity contribution is 0.0877. The SMILES string of the molecule is CCCCCC=CCCCC(CCCC=CCCCCC)C(O)CCC=CCCCCC. The van der Waals surface area contributed by atoms with Crippen LogP contribution in [0.15, 0.2) is 36.5 Å². The minimum Gasteiger partial charge on any atom is -0.393 e. The Balaban J connectivity index is 4.26. The monoisotopic (exact) mass is 446 g/mol. The summed E-state index contributed by atoms with van der Waals surface area (Å²) in [5, 5.41) is 10.9. The van der Waals surface area contributed by atoms with Crippen LogP contribution in [0.2, 0.25) is 0 Å². The van der Waals surface area contributed by atoms with Crippen molar-refractivity contribution in [3.63, 3.8) is 0 Å². The first-order valence-electron chi connectivity index (χ1n) is 14.4. The highest BCUT2D eigenvalue weighted by atomic mass is 16.3. The molecule has 0 saturated heterocycles. The maximum Gasteiger partial charge on any atom is 0.0571 e. The van der Waals surface area contributed by atoms with Crippen molar-refractivity contribution in [2.45, 2.75) is 155 Å². The molecule has 0 heterocycles. The van der Waals surface area contributed by atoms with Crippen LogP contribution < -0.4 is 0 Å². The Morgan fingerprint density at radius 1 is 0.438 bits per heavy atom. The van der Waals surface area contributed by atoms with Gasteiger partial charge in [0.1, 0.15) is 0 Å². The van der Waals surface area contributed by atoms with E-state index in [1.807, 2.05) is 0 Å². The maximum atomic E-state index is 10.9. The molecule has 0 saturated carbocycles. The second-order valence-corrected chi connectivity index (χ2v) is 9.67. The van der Waals surface area contributed by atoms with Crippen molar-refractivity contribution in [1.82, 2.24) is 0 Å². The number of unbranched alkanes of at least 4 members (excludes halogenated alkanes) is 11. The Bertz CT molecular complexity index is 408. The van der Waals surface area contributed by atoms with Crippen LogP contribution in [0.1, 0.15) is 149 Å². The normalized spacial score (nSPS) is 14.2. The summed E-state index contributed by atoms with van der Waals surface area (Å²) < 4.78 is 0. The molecule has 1 atom stereocenters. The van der Waals surface area contributed by atoms with Crippen molar-refractivity contribution in [3.05, 3.63) is 36.5 Å². The molecule has 32 heavy (non-hydrogen) atoms. The Morgan fingerprint density at radius 3 is 1.16 bits per heavy atom. The van der Waals surface area contributed by atoms with Gasteiger partial charge in [0.15, 0.2) is 0 Å². The molecule has 0 aromatic rings. The largest absolute Gasteiger partial charge is 0.393 e. The molecular weight excluding hydrogens is 388 g/mol. The van der Waals surface area contributed by atoms with Crippen molar-refractivity contribution in [2.24, 2.45) is 5.92 Å². The molecule has 188 valence electrons. The van der Waals surface area contributed by atoms with Gasteiger partial charge in [0.25, 0.3) is 0 Å². The van der Waals surface area contributed by atoms with Crippen LogP contribution in [-0.2, 0) is 0 Å². The zero-order chi connectivity index (χ0) is 23.5. The van der Waals surface area contributed by atoms with E-state index in [9.17, 15) is 5.11 Å². The van der Waals surface area contributed by atoms with Crippen molar-refractivity contribution in [3.8, 4) is 0 Å². The van der Waals surface area contributed by atoms with Crippen molar-refractivity contribution < 1.29 is 5.11 Å². The summed E-state index contributed by atoms with van der Waals surface area (Å²) in [4.78, 5) is 0. The summed E-state index contributed by atoms with van der Waals surface area (Å²) in [6, 6.07) is 0. The molecule has 0 spiro atoms. The number of hydrogen-bond donors (Lipinski definition) is 1. The molecular formula is C31H58O. The molecule has 0 fully saturated rings. The third-order valence-electron chi connectivity index (χ3n) is 6.49. The van der Waals surface area contributed by atoms with Gasteiger partial charge in [0, 0.05) is 0 Å². The summed E-state index contributed by atoms with van der Waals surface area (Å²) in [7, 11) is 0. The molecule has 0 aliphatic rings. The van der Waals surface area contributed by atoms with Gasteiger partial charge in [-0.1, -0.05) is 95.8 Å². The number of rotatable bonds is 24. The van der Waals surface area contributed by atoms with Gasteiger partial charge in [0.2, 0.25) is 0 Å². The summed E-state index contributed by atoms with van der Waals surface area (Å²) in [5.74, 6) is 0.463. The Morgan fingerprint density at radius 2 is 0.781 bits per heavy atom. The fourth-order valence-electron chi connectivity index (χ4n) is 4.27. The van der Waals surface area contributed by atoms with Crippen LogP contribution in [0.5, 0.6) is 0 Å². The average molecular weight is 447 g/mol. The molecule has 0 aromatic carbocycles. The molecule has 0 amide bonds. The van der Waals surface area contributed by atoms with Crippen molar-refractivity contribution >= 4 is 0 Å². The summed E-state index contributed by atoms with van der Waals surface area (Å²) in [6.45, 7) is 6.78. The van der Waals surface area contributed by atoms with E-state index in [0.29, 0.717) is 5.92 Å². The molecule has 0 rings (SSSR count). The topological polar surface area (TPSA) is 20.2 Å². The van der Waals surface area contributed by atoms with Crippen molar-refractivity contribution in [1.29, 1.82) is 0 Å². The Labute approximate surface area is 202 Å². The van der Waals surface area contributed by atoms with Gasteiger partial charge in [-0.05, 0) is 95.8 Å². The van der Waals surface area contributed by atoms with Gasteiger partial charge in [-0.25, -0.2) is 0 Å². The lowest BCUT2D eigenvalue weighted by Crippen LogP contribution is -2.20. The molecule has 0 aromatic heterocycles. The van der Waals surface area contributed by atoms with Crippen LogP contribution in [0.25, 0.3) is 0 Å². The smallest absolute Gasteiger partial charge is 0.0571 e. The zero-order valence-electron chi connectivity index (χ0n) is 22.2. The fourth-order valence-corrected chi connectivity index (χ4v) is 4.27. The molecule has 1 nitrogen and oxygen atoms in total. The van der Waals surface area contributed by atoms with E-state index in [4.69, 9.17) is 0 Å². The van der Waals surface area contributed by atoms with Gasteiger partial charge in [0.05, 0.1) is 6.10 Å². The van der Waals surface area contributed by atoms with Crippen LogP contribution >= 0.6 is 0 Å². The number of allylic oxidation sites excluding steroid dienone is 6. The number of aliphatic hydroxyl groups is 1. The van der Waals surface area contributed by atoms with E-state index in [1.54, 1.807) is 0 Å². The van der Waals surface area contributed by atoms with Crippen molar-refractivity contribution in [2.75, 3.05) is 0 Å². The summed E-state index contributed by atoms with van der Waals surface area (Å²) >= 11 is 0. The van der Waals surface area contributed by atoms with Crippen LogP contribution in [0.3, 0.4) is 0 Å². The Kier molecular flexibility index (Phi) is 25.8. The van der Waals surface area contributed by atoms with E-state index >= 15 is 0 Å². The lowest BCUT2D eigenvalue weighted by Gasteiger charge is -2.22. The Hall–Kier alpha value is -0.820. The second kappa shape index (κ2) is 26.4. The van der Waals surface area contributed by atoms with Gasteiger partial charge >= 0.3 is 0 Å². The van der Waals surface area contributed by atoms with Crippen LogP contribution in [0, 0.1) is 5.92 Å².